The number of hydrogen-bond acceptors (Lipinski definition) is 5. The molecule has 0 saturated carbocycles. The summed E-state index contributed by atoms with van der Waals surface area (Å²) >= 11 is 0. The second kappa shape index (κ2) is 5.87. The van der Waals surface area contributed by atoms with Crippen molar-refractivity contribution in [1.29, 1.82) is 0 Å². The van der Waals surface area contributed by atoms with Crippen LogP contribution in [0.4, 0.5) is 4.79 Å². The molecular weight excluding hydrogens is 350 g/mol. The number of aryl methyl sites for hydroxylation is 2. The number of carbonyl (C=O) groups is 3. The Hall–Kier alpha value is -3.29. The summed E-state index contributed by atoms with van der Waals surface area (Å²) in [5.74, 6) is 0.781. The molecule has 2 aliphatic rings. The van der Waals surface area contributed by atoms with Gasteiger partial charge in [0.25, 0.3) is 11.8 Å². The quantitative estimate of drug-likeness (QED) is 0.797. The SMILES string of the molecule is COc1ccc2c(c1)C(=O)N(C[C@@]1(c3cc(C)c(C)o3)NC(=O)NC1=O)C2. The standard InChI is InChI=1S/C19H19N3O5/c1-10-6-15(27-11(10)2)19(17(24)20-18(25)21-19)9-22-8-12-4-5-13(26-3)7-14(12)16(22)23/h4-7H,8-9H2,1-3H3,(H2,20,21,24,25)/t19-/m0/s1. The van der Waals surface area contributed by atoms with E-state index in [1.165, 1.54) is 12.0 Å². The number of fused-ring (bicyclic) bond motifs is 1. The minimum Gasteiger partial charge on any atom is -0.497 e. The van der Waals surface area contributed by atoms with Crippen molar-refractivity contribution in [3.8, 4) is 5.75 Å². The van der Waals surface area contributed by atoms with Crippen LogP contribution in [0.1, 0.15) is 33.0 Å². The van der Waals surface area contributed by atoms with E-state index in [9.17, 15) is 14.4 Å². The van der Waals surface area contributed by atoms with Crippen LogP contribution in [0.3, 0.4) is 0 Å². The summed E-state index contributed by atoms with van der Waals surface area (Å²) in [6.07, 6.45) is 0. The van der Waals surface area contributed by atoms with Gasteiger partial charge in [0, 0.05) is 12.1 Å². The number of rotatable bonds is 4. The minimum absolute atomic E-state index is 0.0349. The number of benzene rings is 1. The third-order valence-corrected chi connectivity index (χ3v) is 5.15. The molecule has 1 atom stereocenters. The van der Waals surface area contributed by atoms with Gasteiger partial charge in [-0.25, -0.2) is 4.79 Å². The van der Waals surface area contributed by atoms with Crippen molar-refractivity contribution in [2.24, 2.45) is 0 Å². The molecule has 8 nitrogen and oxygen atoms in total. The molecule has 0 spiro atoms. The number of furan rings is 1. The van der Waals surface area contributed by atoms with Gasteiger partial charge >= 0.3 is 6.03 Å². The van der Waals surface area contributed by atoms with Crippen LogP contribution < -0.4 is 15.4 Å². The van der Waals surface area contributed by atoms with Gasteiger partial charge in [-0.15, -0.1) is 0 Å². The zero-order valence-corrected chi connectivity index (χ0v) is 15.2. The van der Waals surface area contributed by atoms with Gasteiger partial charge in [0.15, 0.2) is 5.54 Å². The normalized spacial score (nSPS) is 21.3. The molecule has 8 heteroatoms. The molecule has 1 fully saturated rings. The summed E-state index contributed by atoms with van der Waals surface area (Å²) < 4.78 is 10.9. The smallest absolute Gasteiger partial charge is 0.322 e. The van der Waals surface area contributed by atoms with Crippen LogP contribution in [0.2, 0.25) is 0 Å². The predicted octanol–water partition coefficient (Wildman–Crippen LogP) is 1.60. The fourth-order valence-corrected chi connectivity index (χ4v) is 3.52. The zero-order chi connectivity index (χ0) is 19.3. The van der Waals surface area contributed by atoms with Crippen LogP contribution >= 0.6 is 0 Å². The average Bonchev–Trinajstić information content (AvgIpc) is 3.23. The monoisotopic (exact) mass is 369 g/mol. The fourth-order valence-electron chi connectivity index (χ4n) is 3.52. The number of nitrogens with zero attached hydrogens (tertiary/aromatic N) is 1. The summed E-state index contributed by atoms with van der Waals surface area (Å²) in [7, 11) is 1.54. The van der Waals surface area contributed by atoms with E-state index < -0.39 is 17.5 Å². The van der Waals surface area contributed by atoms with Crippen LogP contribution in [0, 0.1) is 13.8 Å². The van der Waals surface area contributed by atoms with Gasteiger partial charge in [-0.3, -0.25) is 14.9 Å². The highest BCUT2D eigenvalue weighted by atomic mass is 16.5. The molecular formula is C19H19N3O5. The maximum atomic E-state index is 12.9. The second-order valence-corrected chi connectivity index (χ2v) is 6.85. The number of methoxy groups -OCH3 is 1. The maximum Gasteiger partial charge on any atom is 0.322 e. The van der Waals surface area contributed by atoms with Crippen molar-refractivity contribution < 1.29 is 23.5 Å². The number of carbonyl (C=O) groups excluding carboxylic acids is 3. The maximum absolute atomic E-state index is 12.9. The van der Waals surface area contributed by atoms with Gasteiger partial charge in [0.1, 0.15) is 17.3 Å². The molecule has 1 aromatic carbocycles. The summed E-state index contributed by atoms with van der Waals surface area (Å²) in [6, 6.07) is 6.40. The molecule has 140 valence electrons. The Kier molecular flexibility index (Phi) is 3.73. The van der Waals surface area contributed by atoms with Gasteiger partial charge in [0.2, 0.25) is 0 Å². The number of imide groups is 1. The highest BCUT2D eigenvalue weighted by Gasteiger charge is 2.53. The second-order valence-electron chi connectivity index (χ2n) is 6.85. The van der Waals surface area contributed by atoms with E-state index in [1.54, 1.807) is 25.1 Å². The Bertz CT molecular complexity index is 960. The van der Waals surface area contributed by atoms with Crippen molar-refractivity contribution in [3.05, 3.63) is 52.5 Å². The van der Waals surface area contributed by atoms with Crippen LogP contribution in [0.25, 0.3) is 0 Å². The lowest BCUT2D eigenvalue weighted by Crippen LogP contribution is -2.52. The summed E-state index contributed by atoms with van der Waals surface area (Å²) in [6.45, 7) is 3.94. The van der Waals surface area contributed by atoms with Gasteiger partial charge in [-0.05, 0) is 43.2 Å². The molecule has 0 bridgehead atoms. The van der Waals surface area contributed by atoms with Gasteiger partial charge in [-0.2, -0.15) is 0 Å². The third-order valence-electron chi connectivity index (χ3n) is 5.15. The number of ether oxygens (including phenoxy) is 1. The Labute approximate surface area is 155 Å². The Balaban J connectivity index is 1.70. The molecule has 2 aliphatic heterocycles. The van der Waals surface area contributed by atoms with Crippen molar-refractivity contribution in [1.82, 2.24) is 15.5 Å². The van der Waals surface area contributed by atoms with Crippen molar-refractivity contribution in [2.45, 2.75) is 25.9 Å². The lowest BCUT2D eigenvalue weighted by atomic mass is 9.95. The molecule has 4 rings (SSSR count). The number of nitrogens with one attached hydrogen (secondary N) is 2. The van der Waals surface area contributed by atoms with Gasteiger partial charge in [0.05, 0.1) is 13.7 Å². The average molecular weight is 369 g/mol. The lowest BCUT2D eigenvalue weighted by Gasteiger charge is -2.29. The lowest BCUT2D eigenvalue weighted by molar-refractivity contribution is -0.125. The predicted molar refractivity (Wildman–Crippen MR) is 94.3 cm³/mol. The molecule has 1 aromatic heterocycles. The van der Waals surface area contributed by atoms with Gasteiger partial charge < -0.3 is 19.4 Å². The summed E-state index contributed by atoms with van der Waals surface area (Å²) in [5.41, 5.74) is 0.769. The first-order valence-electron chi connectivity index (χ1n) is 8.51. The number of hydrogen-bond donors (Lipinski definition) is 2. The zero-order valence-electron chi connectivity index (χ0n) is 15.2. The summed E-state index contributed by atoms with van der Waals surface area (Å²) in [4.78, 5) is 39.0. The Morgan fingerprint density at radius 3 is 2.59 bits per heavy atom. The molecule has 4 amide bonds. The van der Waals surface area contributed by atoms with E-state index in [-0.39, 0.29) is 12.5 Å². The third kappa shape index (κ3) is 2.56. The first-order valence-corrected chi connectivity index (χ1v) is 8.51. The highest BCUT2D eigenvalue weighted by molar-refractivity contribution is 6.08. The molecule has 1 saturated heterocycles. The van der Waals surface area contributed by atoms with E-state index >= 15 is 0 Å². The van der Waals surface area contributed by atoms with Crippen LogP contribution in [0.15, 0.2) is 28.7 Å². The topological polar surface area (TPSA) is 101 Å². The number of urea groups is 1. The first-order chi connectivity index (χ1) is 12.8. The number of amides is 4. The largest absolute Gasteiger partial charge is 0.497 e. The first kappa shape index (κ1) is 17.1. The van der Waals surface area contributed by atoms with E-state index in [0.717, 1.165) is 11.1 Å². The summed E-state index contributed by atoms with van der Waals surface area (Å²) in [5, 5.41) is 4.92. The molecule has 27 heavy (non-hydrogen) atoms. The Morgan fingerprint density at radius 2 is 2.00 bits per heavy atom. The highest BCUT2D eigenvalue weighted by Crippen LogP contribution is 2.33. The van der Waals surface area contributed by atoms with E-state index in [2.05, 4.69) is 10.6 Å². The van der Waals surface area contributed by atoms with E-state index in [4.69, 9.17) is 9.15 Å². The van der Waals surface area contributed by atoms with Crippen LogP contribution in [-0.2, 0) is 16.9 Å². The molecule has 2 aromatic rings. The van der Waals surface area contributed by atoms with Crippen molar-refractivity contribution in [3.63, 3.8) is 0 Å². The molecule has 3 heterocycles. The van der Waals surface area contributed by atoms with Gasteiger partial charge in [-0.1, -0.05) is 6.07 Å². The van der Waals surface area contributed by atoms with E-state index in [0.29, 0.717) is 29.4 Å². The van der Waals surface area contributed by atoms with E-state index in [1.807, 2.05) is 13.0 Å². The molecule has 0 aliphatic carbocycles. The van der Waals surface area contributed by atoms with Crippen LogP contribution in [0.5, 0.6) is 5.75 Å². The molecule has 0 unspecified atom stereocenters. The van der Waals surface area contributed by atoms with Crippen molar-refractivity contribution in [2.75, 3.05) is 13.7 Å². The molecule has 2 N–H and O–H groups in total. The molecule has 0 radical (unpaired) electrons. The van der Waals surface area contributed by atoms with Crippen LogP contribution in [-0.4, -0.2) is 36.4 Å². The Morgan fingerprint density at radius 1 is 1.22 bits per heavy atom. The fraction of sp³-hybridized carbons (Fsp3) is 0.316. The van der Waals surface area contributed by atoms with Crippen molar-refractivity contribution >= 4 is 17.8 Å². The minimum atomic E-state index is -1.46.